The molecule has 1 N–H and O–H groups in total. The van der Waals surface area contributed by atoms with Crippen molar-refractivity contribution in [3.05, 3.63) is 0 Å². The molecule has 0 aromatic rings. The summed E-state index contributed by atoms with van der Waals surface area (Å²) in [6, 6.07) is 0. The van der Waals surface area contributed by atoms with E-state index in [2.05, 4.69) is 11.8 Å². The van der Waals surface area contributed by atoms with E-state index < -0.39 is 10.1 Å². The first kappa shape index (κ1) is 14.1. The van der Waals surface area contributed by atoms with Gasteiger partial charge in [-0.15, -0.1) is 5.92 Å². The zero-order valence-corrected chi connectivity index (χ0v) is 9.59. The molecule has 1 atom stereocenters. The van der Waals surface area contributed by atoms with Gasteiger partial charge in [-0.05, 0) is 19.8 Å². The molecule has 0 fully saturated rings. The van der Waals surface area contributed by atoms with E-state index in [4.69, 9.17) is 4.55 Å². The average Bonchev–Trinajstić information content (AvgIpc) is 2.10. The zero-order valence-electron chi connectivity index (χ0n) is 8.77. The molecule has 0 saturated carbocycles. The summed E-state index contributed by atoms with van der Waals surface area (Å²) >= 11 is 0. The fraction of sp³-hybridized carbons (Fsp3) is 0.700. The minimum atomic E-state index is -3.96. The Balaban J connectivity index is 4.04. The summed E-state index contributed by atoms with van der Waals surface area (Å²) in [4.78, 5) is 10.0. The number of hydrogen-bond acceptors (Lipinski definition) is 3. The van der Waals surface area contributed by atoms with E-state index in [1.165, 1.54) is 0 Å². The Bertz CT molecular complexity index is 334. The maximum absolute atomic E-state index is 10.6. The van der Waals surface area contributed by atoms with Crippen LogP contribution in [0.4, 0.5) is 0 Å². The van der Waals surface area contributed by atoms with Gasteiger partial charge in [0.1, 0.15) is 6.29 Å². The highest BCUT2D eigenvalue weighted by molar-refractivity contribution is 7.85. The number of hydrogen-bond donors (Lipinski definition) is 1. The van der Waals surface area contributed by atoms with Gasteiger partial charge in [-0.25, -0.2) is 0 Å². The van der Waals surface area contributed by atoms with Crippen LogP contribution in [0.15, 0.2) is 0 Å². The van der Waals surface area contributed by atoms with E-state index >= 15 is 0 Å². The summed E-state index contributed by atoms with van der Waals surface area (Å²) in [7, 11) is -3.96. The van der Waals surface area contributed by atoms with Crippen LogP contribution in [0.1, 0.15) is 32.6 Å². The second-order valence-corrected chi connectivity index (χ2v) is 4.79. The van der Waals surface area contributed by atoms with Gasteiger partial charge in [0.05, 0.1) is 5.75 Å². The predicted octanol–water partition coefficient (Wildman–Crippen LogP) is 1.27. The van der Waals surface area contributed by atoms with Gasteiger partial charge in [0.25, 0.3) is 10.1 Å². The summed E-state index contributed by atoms with van der Waals surface area (Å²) in [6.07, 6.45) is 3.39. The average molecular weight is 232 g/mol. The Morgan fingerprint density at radius 2 is 2.07 bits per heavy atom. The lowest BCUT2D eigenvalue weighted by Crippen LogP contribution is -2.14. The summed E-state index contributed by atoms with van der Waals surface area (Å²) in [6.45, 7) is 1.63. The lowest BCUT2D eigenvalue weighted by Gasteiger charge is -2.07. The quantitative estimate of drug-likeness (QED) is 0.310. The molecule has 0 rings (SSSR count). The predicted molar refractivity (Wildman–Crippen MR) is 57.9 cm³/mol. The van der Waals surface area contributed by atoms with Crippen molar-refractivity contribution in [1.29, 1.82) is 0 Å². The van der Waals surface area contributed by atoms with Crippen LogP contribution in [-0.2, 0) is 14.9 Å². The molecule has 0 aromatic carbocycles. The monoisotopic (exact) mass is 232 g/mol. The standard InChI is InChI=1S/C10H16O4S/c1-2-6-10(9-15(12,13)14)7-4-3-5-8-11/h8,10H,3-5,7,9H2,1H3,(H,12,13,14). The number of carbonyl (C=O) groups excluding carboxylic acids is 1. The maximum atomic E-state index is 10.6. The molecule has 0 radical (unpaired) electrons. The van der Waals surface area contributed by atoms with Crippen LogP contribution in [0.3, 0.4) is 0 Å². The normalized spacial score (nSPS) is 12.7. The summed E-state index contributed by atoms with van der Waals surface area (Å²) in [5.41, 5.74) is 0. The molecule has 86 valence electrons. The van der Waals surface area contributed by atoms with Crippen molar-refractivity contribution >= 4 is 16.4 Å². The van der Waals surface area contributed by atoms with Gasteiger partial charge in [0, 0.05) is 12.3 Å². The van der Waals surface area contributed by atoms with Crippen LogP contribution in [0.2, 0.25) is 0 Å². The molecule has 0 aliphatic rings. The van der Waals surface area contributed by atoms with Crippen molar-refractivity contribution in [2.24, 2.45) is 5.92 Å². The highest BCUT2D eigenvalue weighted by atomic mass is 32.2. The van der Waals surface area contributed by atoms with Crippen LogP contribution in [-0.4, -0.2) is 25.0 Å². The van der Waals surface area contributed by atoms with E-state index in [0.29, 0.717) is 12.8 Å². The van der Waals surface area contributed by atoms with Crippen molar-refractivity contribution in [1.82, 2.24) is 0 Å². The minimum Gasteiger partial charge on any atom is -0.303 e. The topological polar surface area (TPSA) is 71.4 Å². The first-order valence-corrected chi connectivity index (χ1v) is 6.41. The second kappa shape index (κ2) is 7.43. The smallest absolute Gasteiger partial charge is 0.266 e. The fourth-order valence-corrected chi connectivity index (χ4v) is 2.03. The molecular formula is C10H16O4S. The van der Waals surface area contributed by atoms with Crippen LogP contribution in [0.5, 0.6) is 0 Å². The molecule has 0 aromatic heterocycles. The molecule has 1 unspecified atom stereocenters. The summed E-state index contributed by atoms with van der Waals surface area (Å²) in [5, 5.41) is 0. The SMILES string of the molecule is CC#CC(CCCCC=O)CS(=O)(=O)O. The molecule has 0 spiro atoms. The van der Waals surface area contributed by atoms with Crippen molar-refractivity contribution in [2.45, 2.75) is 32.6 Å². The first-order valence-electron chi connectivity index (χ1n) is 4.80. The Labute approximate surface area is 90.8 Å². The molecule has 5 heteroatoms. The van der Waals surface area contributed by atoms with Gasteiger partial charge < -0.3 is 4.79 Å². The second-order valence-electron chi connectivity index (χ2n) is 3.29. The third-order valence-corrected chi connectivity index (χ3v) is 2.71. The Kier molecular flexibility index (Phi) is 7.01. The van der Waals surface area contributed by atoms with Gasteiger partial charge in [0.15, 0.2) is 0 Å². The molecule has 0 heterocycles. The van der Waals surface area contributed by atoms with E-state index in [1.54, 1.807) is 6.92 Å². The lowest BCUT2D eigenvalue weighted by molar-refractivity contribution is -0.107. The van der Waals surface area contributed by atoms with Crippen LogP contribution >= 0.6 is 0 Å². The number of aldehydes is 1. The summed E-state index contributed by atoms with van der Waals surface area (Å²) in [5.74, 6) is 4.71. The van der Waals surface area contributed by atoms with E-state index in [0.717, 1.165) is 19.1 Å². The molecule has 0 aliphatic carbocycles. The lowest BCUT2D eigenvalue weighted by atomic mass is 10.0. The van der Waals surface area contributed by atoms with Crippen LogP contribution in [0, 0.1) is 17.8 Å². The maximum Gasteiger partial charge on any atom is 0.266 e. The third-order valence-electron chi connectivity index (χ3n) is 1.88. The van der Waals surface area contributed by atoms with Crippen LogP contribution < -0.4 is 0 Å². The molecule has 15 heavy (non-hydrogen) atoms. The number of carbonyl (C=O) groups is 1. The minimum absolute atomic E-state index is 0.324. The van der Waals surface area contributed by atoms with Gasteiger partial charge in [-0.1, -0.05) is 12.3 Å². The first-order chi connectivity index (χ1) is 6.99. The molecular weight excluding hydrogens is 216 g/mol. The van der Waals surface area contributed by atoms with E-state index in [9.17, 15) is 13.2 Å². The third kappa shape index (κ3) is 9.44. The van der Waals surface area contributed by atoms with Gasteiger partial charge in [0.2, 0.25) is 0 Å². The Hall–Kier alpha value is -0.860. The van der Waals surface area contributed by atoms with E-state index in [1.807, 2.05) is 0 Å². The molecule has 0 amide bonds. The molecule has 4 nitrogen and oxygen atoms in total. The van der Waals surface area contributed by atoms with Gasteiger partial charge in [-0.2, -0.15) is 8.42 Å². The van der Waals surface area contributed by atoms with E-state index in [-0.39, 0.29) is 11.7 Å². The number of rotatable bonds is 7. The largest absolute Gasteiger partial charge is 0.303 e. The fourth-order valence-electron chi connectivity index (χ4n) is 1.27. The van der Waals surface area contributed by atoms with Gasteiger partial charge >= 0.3 is 0 Å². The summed E-state index contributed by atoms with van der Waals surface area (Å²) < 4.78 is 29.9. The zero-order chi connectivity index (χ0) is 11.7. The van der Waals surface area contributed by atoms with Crippen LogP contribution in [0.25, 0.3) is 0 Å². The molecule has 0 aliphatic heterocycles. The van der Waals surface area contributed by atoms with Crippen molar-refractivity contribution in [3.8, 4) is 11.8 Å². The highest BCUT2D eigenvalue weighted by Crippen LogP contribution is 2.11. The Morgan fingerprint density at radius 3 is 2.53 bits per heavy atom. The van der Waals surface area contributed by atoms with Crippen molar-refractivity contribution < 1.29 is 17.8 Å². The molecule has 0 saturated heterocycles. The van der Waals surface area contributed by atoms with Gasteiger partial charge in [-0.3, -0.25) is 4.55 Å². The van der Waals surface area contributed by atoms with Crippen molar-refractivity contribution in [2.75, 3.05) is 5.75 Å². The molecule has 0 bridgehead atoms. The number of unbranched alkanes of at least 4 members (excludes halogenated alkanes) is 2. The Morgan fingerprint density at radius 1 is 1.40 bits per heavy atom. The van der Waals surface area contributed by atoms with Crippen molar-refractivity contribution in [3.63, 3.8) is 0 Å². The highest BCUT2D eigenvalue weighted by Gasteiger charge is 2.14.